The fourth-order valence-electron chi connectivity index (χ4n) is 5.70. The van der Waals surface area contributed by atoms with E-state index in [0.29, 0.717) is 13.0 Å². The van der Waals surface area contributed by atoms with Crippen molar-refractivity contribution >= 4 is 40.7 Å². The number of likely N-dealkylation sites (N-methyl/N-ethyl adjacent to an activating group) is 1. The number of amides is 1. The molecule has 1 amide bonds. The lowest BCUT2D eigenvalue weighted by Crippen LogP contribution is -2.43. The third-order valence-corrected chi connectivity index (χ3v) is 9.04. The van der Waals surface area contributed by atoms with Gasteiger partial charge in [0.2, 0.25) is 0 Å². The van der Waals surface area contributed by atoms with E-state index >= 15 is 0 Å². The lowest BCUT2D eigenvalue weighted by molar-refractivity contribution is -0.253. The first-order chi connectivity index (χ1) is 22.5. The van der Waals surface area contributed by atoms with Crippen molar-refractivity contribution in [2.24, 2.45) is 0 Å². The van der Waals surface area contributed by atoms with E-state index in [1.54, 1.807) is 0 Å². The van der Waals surface area contributed by atoms with Crippen LogP contribution in [0.1, 0.15) is 59.7 Å². The Labute approximate surface area is 291 Å². The number of aliphatic hydroxyl groups is 2. The van der Waals surface area contributed by atoms with Gasteiger partial charge in [0, 0.05) is 31.1 Å². The minimum atomic E-state index is -2.03. The van der Waals surface area contributed by atoms with Gasteiger partial charge in [-0.1, -0.05) is 126 Å². The summed E-state index contributed by atoms with van der Waals surface area (Å²) in [4.78, 5) is 14.2. The molecule has 5 rings (SSSR count). The second kappa shape index (κ2) is 15.9. The van der Waals surface area contributed by atoms with Gasteiger partial charge in [-0.05, 0) is 59.5 Å². The van der Waals surface area contributed by atoms with Gasteiger partial charge in [-0.25, -0.2) is 0 Å². The van der Waals surface area contributed by atoms with Crippen molar-refractivity contribution in [2.75, 3.05) is 13.6 Å². The number of carbonyl (C=O) groups is 1. The van der Waals surface area contributed by atoms with Crippen LogP contribution in [0.15, 0.2) is 103 Å². The van der Waals surface area contributed by atoms with Crippen molar-refractivity contribution in [3.8, 4) is 11.1 Å². The Kier molecular flexibility index (Phi) is 12.0. The van der Waals surface area contributed by atoms with E-state index < -0.39 is 22.1 Å². The summed E-state index contributed by atoms with van der Waals surface area (Å²) in [5.41, 5.74) is 6.31. The topological polar surface area (TPSA) is 91.3 Å². The van der Waals surface area contributed by atoms with Gasteiger partial charge in [-0.3, -0.25) is 9.69 Å². The predicted octanol–water partition coefficient (Wildman–Crippen LogP) is 7.43. The number of carbonyl (C=O) groups excluding carboxylic acids is 1. The number of alkyl halides is 3. The molecule has 0 spiro atoms. The van der Waals surface area contributed by atoms with Gasteiger partial charge >= 0.3 is 0 Å². The molecule has 1 saturated heterocycles. The molecule has 47 heavy (non-hydrogen) atoms. The highest BCUT2D eigenvalue weighted by molar-refractivity contribution is 6.76. The monoisotopic (exact) mass is 696 g/mol. The molecule has 3 N–H and O–H groups in total. The van der Waals surface area contributed by atoms with Crippen LogP contribution in [0.4, 0.5) is 0 Å². The standard InChI is InChI=1S/C37H39Cl3N2O5/c1-24(34(44)28-9-4-3-5-10-28)42(2)22-32-20-33(27-16-14-25(23-43)15-17-27)47-35(46-32)31-13-7-12-30(19-31)29-11-6-8-26(18-29)21-41-36(45)37(38,39)40/h3-19,24,32-35,43-44H,20-23H2,1-2H3,(H,41,45)/t24-,32-,33+,34-,35+/m0/s1. The lowest BCUT2D eigenvalue weighted by atomic mass is 9.97. The quantitative estimate of drug-likeness (QED) is 0.141. The predicted molar refractivity (Wildman–Crippen MR) is 186 cm³/mol. The van der Waals surface area contributed by atoms with Crippen LogP contribution >= 0.6 is 34.8 Å². The highest BCUT2D eigenvalue weighted by atomic mass is 35.6. The zero-order chi connectivity index (χ0) is 33.6. The molecule has 1 aliphatic rings. The summed E-state index contributed by atoms with van der Waals surface area (Å²) < 4.78 is 11.2. The highest BCUT2D eigenvalue weighted by Crippen LogP contribution is 2.39. The Morgan fingerprint density at radius 2 is 1.57 bits per heavy atom. The molecule has 1 fully saturated rings. The van der Waals surface area contributed by atoms with E-state index in [4.69, 9.17) is 44.3 Å². The van der Waals surface area contributed by atoms with Gasteiger partial charge in [-0.15, -0.1) is 0 Å². The Morgan fingerprint density at radius 1 is 0.894 bits per heavy atom. The first kappa shape index (κ1) is 35.3. The van der Waals surface area contributed by atoms with Crippen LogP contribution in [0, 0.1) is 0 Å². The maximum Gasteiger partial charge on any atom is 0.272 e. The van der Waals surface area contributed by atoms with Gasteiger partial charge in [0.1, 0.15) is 0 Å². The summed E-state index contributed by atoms with van der Waals surface area (Å²) in [5, 5.41) is 23.3. The number of rotatable bonds is 11. The van der Waals surface area contributed by atoms with Gasteiger partial charge < -0.3 is 25.0 Å². The van der Waals surface area contributed by atoms with Gasteiger partial charge in [0.15, 0.2) is 6.29 Å². The molecule has 248 valence electrons. The van der Waals surface area contributed by atoms with Crippen LogP contribution in [0.5, 0.6) is 0 Å². The van der Waals surface area contributed by atoms with Crippen LogP contribution in [0.25, 0.3) is 11.1 Å². The first-order valence-corrected chi connectivity index (χ1v) is 16.6. The molecule has 0 saturated carbocycles. The van der Waals surface area contributed by atoms with Crippen LogP contribution in [0.2, 0.25) is 0 Å². The van der Waals surface area contributed by atoms with E-state index in [-0.39, 0.29) is 31.4 Å². The van der Waals surface area contributed by atoms with E-state index in [9.17, 15) is 15.0 Å². The number of benzene rings is 4. The van der Waals surface area contributed by atoms with Crippen molar-refractivity contribution in [1.82, 2.24) is 10.2 Å². The third kappa shape index (κ3) is 9.34. The number of nitrogens with zero attached hydrogens (tertiary/aromatic N) is 1. The van der Waals surface area contributed by atoms with Crippen LogP contribution in [-0.4, -0.2) is 50.6 Å². The van der Waals surface area contributed by atoms with Gasteiger partial charge in [0.25, 0.3) is 9.70 Å². The molecule has 0 radical (unpaired) electrons. The molecular weight excluding hydrogens is 659 g/mol. The Bertz CT molecular complexity index is 1620. The SMILES string of the molecule is C[C@@H]([C@H](O)c1ccccc1)N(C)C[C@@H]1C[C@H](c2ccc(CO)cc2)O[C@H](c2cccc(-c3cccc(CNC(=O)C(Cl)(Cl)Cl)c3)c2)O1. The van der Waals surface area contributed by atoms with Crippen molar-refractivity contribution < 1.29 is 24.5 Å². The van der Waals surface area contributed by atoms with Gasteiger partial charge in [0.05, 0.1) is 24.9 Å². The fourth-order valence-corrected chi connectivity index (χ4v) is 5.90. The van der Waals surface area contributed by atoms with Crippen LogP contribution in [0.3, 0.4) is 0 Å². The second-order valence-electron chi connectivity index (χ2n) is 11.9. The number of hydrogen-bond acceptors (Lipinski definition) is 6. The smallest absolute Gasteiger partial charge is 0.272 e. The number of halogens is 3. The molecule has 0 aliphatic carbocycles. The summed E-state index contributed by atoms with van der Waals surface area (Å²) in [7, 11) is 2.00. The molecular formula is C37H39Cl3N2O5. The van der Waals surface area contributed by atoms with E-state index in [2.05, 4.69) is 10.2 Å². The summed E-state index contributed by atoms with van der Waals surface area (Å²) in [6.45, 7) is 2.77. The van der Waals surface area contributed by atoms with Crippen molar-refractivity contribution in [3.05, 3.63) is 131 Å². The zero-order valence-corrected chi connectivity index (χ0v) is 28.5. The molecule has 4 aromatic rings. The minimum absolute atomic E-state index is 0.0279. The third-order valence-electron chi connectivity index (χ3n) is 8.53. The van der Waals surface area contributed by atoms with Crippen molar-refractivity contribution in [3.63, 3.8) is 0 Å². The molecule has 1 aliphatic heterocycles. The van der Waals surface area contributed by atoms with E-state index in [0.717, 1.165) is 38.9 Å². The van der Waals surface area contributed by atoms with Crippen LogP contribution in [-0.2, 0) is 27.4 Å². The van der Waals surface area contributed by atoms with Gasteiger partial charge in [-0.2, -0.15) is 0 Å². The molecule has 10 heteroatoms. The summed E-state index contributed by atoms with van der Waals surface area (Å²) >= 11 is 17.1. The van der Waals surface area contributed by atoms with Crippen molar-refractivity contribution in [1.29, 1.82) is 0 Å². The molecule has 5 atom stereocenters. The van der Waals surface area contributed by atoms with E-state index in [1.807, 2.05) is 117 Å². The normalized spacial score (nSPS) is 19.7. The summed E-state index contributed by atoms with van der Waals surface area (Å²) in [6.07, 6.45) is -1.12. The Balaban J connectivity index is 1.36. The highest BCUT2D eigenvalue weighted by Gasteiger charge is 2.34. The molecule has 1 heterocycles. The second-order valence-corrected chi connectivity index (χ2v) is 14.2. The van der Waals surface area contributed by atoms with E-state index in [1.165, 1.54) is 0 Å². The molecule has 4 aromatic carbocycles. The summed E-state index contributed by atoms with van der Waals surface area (Å²) in [6, 6.07) is 33.1. The zero-order valence-electron chi connectivity index (χ0n) is 26.2. The molecule has 0 aromatic heterocycles. The average Bonchev–Trinajstić information content (AvgIpc) is 3.10. The Hall–Kier alpha value is -2.98. The minimum Gasteiger partial charge on any atom is -0.392 e. The molecule has 7 nitrogen and oxygen atoms in total. The summed E-state index contributed by atoms with van der Waals surface area (Å²) in [5.74, 6) is -0.689. The lowest BCUT2D eigenvalue weighted by Gasteiger charge is -2.39. The molecule has 0 bridgehead atoms. The Morgan fingerprint density at radius 3 is 2.26 bits per heavy atom. The molecule has 0 unspecified atom stereocenters. The number of aliphatic hydroxyl groups excluding tert-OH is 2. The average molecular weight is 698 g/mol. The number of nitrogens with one attached hydrogen (secondary N) is 1. The van der Waals surface area contributed by atoms with Crippen molar-refractivity contribution in [2.45, 2.75) is 60.9 Å². The number of hydrogen-bond donors (Lipinski definition) is 3. The maximum absolute atomic E-state index is 12.0. The van der Waals surface area contributed by atoms with Crippen LogP contribution < -0.4 is 5.32 Å². The first-order valence-electron chi connectivity index (χ1n) is 15.5. The number of ether oxygens (including phenoxy) is 2. The fraction of sp³-hybridized carbons (Fsp3) is 0.324. The largest absolute Gasteiger partial charge is 0.392 e. The maximum atomic E-state index is 12.0.